The molecule has 0 fully saturated rings. The number of aromatic nitrogens is 2. The van der Waals surface area contributed by atoms with E-state index in [1.54, 1.807) is 12.6 Å². The van der Waals surface area contributed by atoms with Gasteiger partial charge in [-0.3, -0.25) is 4.90 Å². The van der Waals surface area contributed by atoms with Crippen LogP contribution in [-0.4, -0.2) is 34.6 Å². The van der Waals surface area contributed by atoms with Gasteiger partial charge in [-0.25, -0.2) is 4.98 Å². The molecule has 5 heteroatoms. The smallest absolute Gasteiger partial charge is 0.127 e. The van der Waals surface area contributed by atoms with Crippen LogP contribution in [-0.2, 0) is 17.8 Å². The van der Waals surface area contributed by atoms with Crippen molar-refractivity contribution in [2.45, 2.75) is 19.1 Å². The summed E-state index contributed by atoms with van der Waals surface area (Å²) in [6.45, 7) is 3.15. The Labute approximate surface area is 141 Å². The van der Waals surface area contributed by atoms with Gasteiger partial charge in [-0.15, -0.1) is 0 Å². The van der Waals surface area contributed by atoms with Crippen molar-refractivity contribution in [2.75, 3.05) is 19.7 Å². The molecule has 124 valence electrons. The molecule has 1 atom stereocenters. The zero-order valence-electron chi connectivity index (χ0n) is 13.5. The number of aromatic amines is 1. The highest BCUT2D eigenvalue weighted by atomic mass is 16.5. The third kappa shape index (κ3) is 3.13. The summed E-state index contributed by atoms with van der Waals surface area (Å²) in [6.07, 6.45) is 4.47. The maximum absolute atomic E-state index is 5.86. The lowest BCUT2D eigenvalue weighted by Crippen LogP contribution is -2.38. The molecule has 3 heterocycles. The molecular formula is C19H21N3O2. The summed E-state index contributed by atoms with van der Waals surface area (Å²) in [7, 11) is 0. The van der Waals surface area contributed by atoms with E-state index in [1.807, 2.05) is 30.3 Å². The minimum atomic E-state index is 0.0651. The molecule has 5 nitrogen and oxygen atoms in total. The van der Waals surface area contributed by atoms with Gasteiger partial charge >= 0.3 is 0 Å². The monoisotopic (exact) mass is 323 g/mol. The van der Waals surface area contributed by atoms with E-state index < -0.39 is 0 Å². The van der Waals surface area contributed by atoms with Gasteiger partial charge in [-0.1, -0.05) is 30.3 Å². The molecule has 24 heavy (non-hydrogen) atoms. The van der Waals surface area contributed by atoms with E-state index >= 15 is 0 Å². The summed E-state index contributed by atoms with van der Waals surface area (Å²) in [5.74, 6) is 0.936. The van der Waals surface area contributed by atoms with E-state index in [4.69, 9.17) is 9.15 Å². The van der Waals surface area contributed by atoms with E-state index in [-0.39, 0.29) is 6.04 Å². The van der Waals surface area contributed by atoms with Crippen molar-refractivity contribution in [3.63, 3.8) is 0 Å². The molecule has 1 aliphatic heterocycles. The van der Waals surface area contributed by atoms with Crippen molar-refractivity contribution >= 4 is 0 Å². The van der Waals surface area contributed by atoms with Gasteiger partial charge in [0.1, 0.15) is 11.8 Å². The molecule has 0 aliphatic carbocycles. The Morgan fingerprint density at radius 3 is 2.96 bits per heavy atom. The summed E-state index contributed by atoms with van der Waals surface area (Å²) in [5, 5.41) is 0. The third-order valence-electron chi connectivity index (χ3n) is 4.47. The summed E-state index contributed by atoms with van der Waals surface area (Å²) in [5.41, 5.74) is 3.48. The Morgan fingerprint density at radius 1 is 1.21 bits per heavy atom. The lowest BCUT2D eigenvalue weighted by Gasteiger charge is -2.33. The molecule has 1 N–H and O–H groups in total. The van der Waals surface area contributed by atoms with Crippen LogP contribution in [0.2, 0.25) is 0 Å². The Balaban J connectivity index is 1.40. The summed E-state index contributed by atoms with van der Waals surface area (Å²) in [4.78, 5) is 10.2. The second kappa shape index (κ2) is 7.03. The standard InChI is InChI=1S/C19H21N3O2/c1-2-5-15(6-3-1)13-23-12-10-22-9-8-16-18(21-14-20-16)19(22)17-7-4-11-24-17/h1-7,11,14,19H,8-10,12-13H2,(H,20,21)/t19-/m1/s1. The Morgan fingerprint density at radius 2 is 2.12 bits per heavy atom. The van der Waals surface area contributed by atoms with E-state index in [0.29, 0.717) is 13.2 Å². The maximum atomic E-state index is 5.86. The van der Waals surface area contributed by atoms with Crippen LogP contribution in [0.5, 0.6) is 0 Å². The molecule has 1 aliphatic rings. The number of hydrogen-bond acceptors (Lipinski definition) is 4. The largest absolute Gasteiger partial charge is 0.467 e. The van der Waals surface area contributed by atoms with Gasteiger partial charge in [-0.05, 0) is 17.7 Å². The first-order chi connectivity index (χ1) is 11.9. The number of rotatable bonds is 6. The highest BCUT2D eigenvalue weighted by Gasteiger charge is 2.32. The van der Waals surface area contributed by atoms with Gasteiger partial charge in [-0.2, -0.15) is 0 Å². The van der Waals surface area contributed by atoms with Crippen LogP contribution in [0.1, 0.15) is 28.8 Å². The van der Waals surface area contributed by atoms with Gasteiger partial charge in [0.25, 0.3) is 0 Å². The lowest BCUT2D eigenvalue weighted by atomic mass is 10.0. The van der Waals surface area contributed by atoms with Crippen molar-refractivity contribution in [2.24, 2.45) is 0 Å². The summed E-state index contributed by atoms with van der Waals surface area (Å²) >= 11 is 0. The molecular weight excluding hydrogens is 302 g/mol. The number of nitrogens with zero attached hydrogens (tertiary/aromatic N) is 2. The quantitative estimate of drug-likeness (QED) is 0.708. The van der Waals surface area contributed by atoms with Gasteiger partial charge in [0.2, 0.25) is 0 Å². The van der Waals surface area contributed by atoms with E-state index in [1.165, 1.54) is 11.3 Å². The van der Waals surface area contributed by atoms with Crippen molar-refractivity contribution in [3.8, 4) is 0 Å². The molecule has 1 aromatic carbocycles. The number of fused-ring (bicyclic) bond motifs is 1. The number of imidazole rings is 1. The van der Waals surface area contributed by atoms with Crippen LogP contribution in [0.3, 0.4) is 0 Å². The van der Waals surface area contributed by atoms with Gasteiger partial charge in [0.15, 0.2) is 0 Å². The number of ether oxygens (including phenoxy) is 1. The van der Waals surface area contributed by atoms with Crippen molar-refractivity contribution < 1.29 is 9.15 Å². The van der Waals surface area contributed by atoms with Crippen LogP contribution < -0.4 is 0 Å². The summed E-state index contributed by atoms with van der Waals surface area (Å²) < 4.78 is 11.5. The molecule has 0 saturated carbocycles. The molecule has 3 aromatic rings. The average molecular weight is 323 g/mol. The molecule has 2 aromatic heterocycles. The normalized spacial score (nSPS) is 17.8. The maximum Gasteiger partial charge on any atom is 0.127 e. The van der Waals surface area contributed by atoms with Crippen LogP contribution in [0.25, 0.3) is 0 Å². The third-order valence-corrected chi connectivity index (χ3v) is 4.47. The first-order valence-electron chi connectivity index (χ1n) is 8.33. The molecule has 0 amide bonds. The highest BCUT2D eigenvalue weighted by Crippen LogP contribution is 2.33. The zero-order chi connectivity index (χ0) is 16.2. The highest BCUT2D eigenvalue weighted by molar-refractivity contribution is 5.27. The predicted octanol–water partition coefficient (Wildman–Crippen LogP) is 3.17. The van der Waals surface area contributed by atoms with Crippen LogP contribution in [0.4, 0.5) is 0 Å². The van der Waals surface area contributed by atoms with E-state index in [2.05, 4.69) is 27.0 Å². The van der Waals surface area contributed by atoms with Crippen LogP contribution >= 0.6 is 0 Å². The van der Waals surface area contributed by atoms with Crippen molar-refractivity contribution in [1.29, 1.82) is 0 Å². The SMILES string of the molecule is c1ccc(COCCN2CCc3[nH]cnc3[C@H]2c2ccco2)cc1. The van der Waals surface area contributed by atoms with Gasteiger partial charge in [0.05, 0.1) is 31.5 Å². The fraction of sp³-hybridized carbons (Fsp3) is 0.316. The average Bonchev–Trinajstić information content (AvgIpc) is 3.30. The minimum absolute atomic E-state index is 0.0651. The number of furan rings is 1. The Kier molecular flexibility index (Phi) is 4.44. The Bertz CT molecular complexity index is 752. The number of hydrogen-bond donors (Lipinski definition) is 1. The second-order valence-electron chi connectivity index (χ2n) is 6.01. The fourth-order valence-electron chi connectivity index (χ4n) is 3.27. The van der Waals surface area contributed by atoms with E-state index in [9.17, 15) is 0 Å². The van der Waals surface area contributed by atoms with Gasteiger partial charge in [0, 0.05) is 25.2 Å². The second-order valence-corrected chi connectivity index (χ2v) is 6.01. The molecule has 0 saturated heterocycles. The predicted molar refractivity (Wildman–Crippen MR) is 90.5 cm³/mol. The molecule has 0 radical (unpaired) electrons. The van der Waals surface area contributed by atoms with Crippen LogP contribution in [0.15, 0.2) is 59.5 Å². The summed E-state index contributed by atoms with van der Waals surface area (Å²) in [6, 6.07) is 14.3. The molecule has 0 bridgehead atoms. The topological polar surface area (TPSA) is 54.3 Å². The van der Waals surface area contributed by atoms with Crippen molar-refractivity contribution in [1.82, 2.24) is 14.9 Å². The van der Waals surface area contributed by atoms with Gasteiger partial charge < -0.3 is 14.1 Å². The number of benzene rings is 1. The minimum Gasteiger partial charge on any atom is -0.467 e. The first kappa shape index (κ1) is 15.2. The Hall–Kier alpha value is -2.37. The van der Waals surface area contributed by atoms with Crippen molar-refractivity contribution in [3.05, 3.63) is 77.8 Å². The lowest BCUT2D eigenvalue weighted by molar-refractivity contribution is 0.0760. The molecule has 4 rings (SSSR count). The number of nitrogens with one attached hydrogen (secondary N) is 1. The molecule has 0 unspecified atom stereocenters. The van der Waals surface area contributed by atoms with Crippen LogP contribution in [0, 0.1) is 0 Å². The number of H-pyrrole nitrogens is 1. The fourth-order valence-corrected chi connectivity index (χ4v) is 3.27. The molecule has 0 spiro atoms. The zero-order valence-corrected chi connectivity index (χ0v) is 13.5. The van der Waals surface area contributed by atoms with E-state index in [0.717, 1.165) is 31.0 Å². The first-order valence-corrected chi connectivity index (χ1v) is 8.33.